The Morgan fingerprint density at radius 2 is 1.50 bits per heavy atom. The van der Waals surface area contributed by atoms with Crippen molar-refractivity contribution in [1.82, 2.24) is 0 Å². The van der Waals surface area contributed by atoms with Crippen LogP contribution in [0.3, 0.4) is 0 Å². The Morgan fingerprint density at radius 1 is 0.955 bits per heavy atom. The quantitative estimate of drug-likeness (QED) is 0.483. The van der Waals surface area contributed by atoms with Crippen LogP contribution in [0, 0.1) is 10.8 Å². The first-order chi connectivity index (χ1) is 9.64. The second-order valence-electron chi connectivity index (χ2n) is 7.52. The van der Waals surface area contributed by atoms with Crippen molar-refractivity contribution in [3.05, 3.63) is 53.6 Å². The van der Waals surface area contributed by atoms with Crippen LogP contribution in [-0.4, -0.2) is 6.61 Å². The minimum Gasteiger partial charge on any atom is -0.489 e. The molecule has 0 aliphatic heterocycles. The third kappa shape index (κ3) is 6.98. The predicted octanol–water partition coefficient (Wildman–Crippen LogP) is 6.03. The average Bonchev–Trinajstić information content (AvgIpc) is 2.37. The first kappa shape index (κ1) is 21.2. The molecule has 0 atom stereocenters. The summed E-state index contributed by atoms with van der Waals surface area (Å²) in [6.45, 7) is 16.2. The summed E-state index contributed by atoms with van der Waals surface area (Å²) >= 11 is 0. The molecule has 0 aromatic heterocycles. The van der Waals surface area contributed by atoms with E-state index in [1.807, 2.05) is 30.3 Å². The molecule has 0 heterocycles. The molecule has 0 spiro atoms. The van der Waals surface area contributed by atoms with Crippen molar-refractivity contribution in [2.45, 2.75) is 48.5 Å². The summed E-state index contributed by atoms with van der Waals surface area (Å²) in [6, 6.07) is 10.0. The van der Waals surface area contributed by atoms with Crippen molar-refractivity contribution in [1.29, 1.82) is 0 Å². The topological polar surface area (TPSA) is 9.23 Å². The van der Waals surface area contributed by atoms with E-state index in [1.165, 1.54) is 11.1 Å². The molecular formula is C20H30OTi. The van der Waals surface area contributed by atoms with Gasteiger partial charge in [-0.1, -0.05) is 71.9 Å². The number of para-hydroxylation sites is 1. The summed E-state index contributed by atoms with van der Waals surface area (Å²) in [7, 11) is 0. The van der Waals surface area contributed by atoms with E-state index >= 15 is 0 Å². The zero-order valence-corrected chi connectivity index (χ0v) is 16.7. The van der Waals surface area contributed by atoms with Crippen molar-refractivity contribution in [3.63, 3.8) is 0 Å². The molecule has 1 rings (SSSR count). The number of ether oxygens (including phenoxy) is 1. The molecular weight excluding hydrogens is 304 g/mol. The predicted molar refractivity (Wildman–Crippen MR) is 92.7 cm³/mol. The Balaban J connectivity index is 0.00000441. The van der Waals surface area contributed by atoms with E-state index in [1.54, 1.807) is 0 Å². The van der Waals surface area contributed by atoms with E-state index < -0.39 is 0 Å². The molecule has 0 saturated heterocycles. The zero-order valence-electron chi connectivity index (χ0n) is 15.2. The maximum absolute atomic E-state index is 5.96. The van der Waals surface area contributed by atoms with Gasteiger partial charge in [-0.25, -0.2) is 0 Å². The molecule has 0 bridgehead atoms. The molecule has 0 N–H and O–H groups in total. The molecule has 22 heavy (non-hydrogen) atoms. The van der Waals surface area contributed by atoms with Crippen LogP contribution < -0.4 is 4.74 Å². The largest absolute Gasteiger partial charge is 0.489 e. The molecule has 1 aromatic carbocycles. The van der Waals surface area contributed by atoms with Crippen molar-refractivity contribution in [3.8, 4) is 5.75 Å². The van der Waals surface area contributed by atoms with Crippen molar-refractivity contribution in [2.75, 3.05) is 6.61 Å². The first-order valence-corrected chi connectivity index (χ1v) is 7.70. The Kier molecular flexibility index (Phi) is 8.43. The molecule has 1 nitrogen and oxygen atoms in total. The number of hydrogen-bond acceptors (Lipinski definition) is 1. The van der Waals surface area contributed by atoms with Gasteiger partial charge in [0, 0.05) is 21.7 Å². The van der Waals surface area contributed by atoms with Crippen LogP contribution in [0.5, 0.6) is 5.75 Å². The fraction of sp³-hybridized carbons (Fsp3) is 0.500. The second-order valence-corrected chi connectivity index (χ2v) is 7.52. The Hall–Kier alpha value is -0.786. The normalized spacial score (nSPS) is 13.6. The summed E-state index contributed by atoms with van der Waals surface area (Å²) in [5.41, 5.74) is 2.91. The second kappa shape index (κ2) is 8.74. The van der Waals surface area contributed by atoms with E-state index in [4.69, 9.17) is 4.74 Å². The summed E-state index contributed by atoms with van der Waals surface area (Å²) in [5.74, 6) is 0.922. The van der Waals surface area contributed by atoms with Crippen LogP contribution in [-0.2, 0) is 21.7 Å². The maximum atomic E-state index is 5.96. The van der Waals surface area contributed by atoms with Crippen LogP contribution >= 0.6 is 0 Å². The van der Waals surface area contributed by atoms with Gasteiger partial charge in [-0.15, -0.1) is 0 Å². The molecule has 120 valence electrons. The van der Waals surface area contributed by atoms with E-state index in [-0.39, 0.29) is 32.5 Å². The molecule has 0 saturated carbocycles. The van der Waals surface area contributed by atoms with Crippen molar-refractivity contribution < 1.29 is 26.5 Å². The Morgan fingerprint density at radius 3 is 1.91 bits per heavy atom. The molecule has 0 amide bonds. The fourth-order valence-corrected chi connectivity index (χ4v) is 2.07. The minimum atomic E-state index is 0. The van der Waals surface area contributed by atoms with Gasteiger partial charge in [0.2, 0.25) is 0 Å². The third-order valence-electron chi connectivity index (χ3n) is 3.61. The van der Waals surface area contributed by atoms with Gasteiger partial charge >= 0.3 is 0 Å². The van der Waals surface area contributed by atoms with Gasteiger partial charge in [-0.05, 0) is 41.0 Å². The van der Waals surface area contributed by atoms with Gasteiger partial charge in [0.25, 0.3) is 0 Å². The number of allylic oxidation sites excluding steroid dienone is 3. The van der Waals surface area contributed by atoms with Gasteiger partial charge in [-0.2, -0.15) is 0 Å². The van der Waals surface area contributed by atoms with Crippen LogP contribution in [0.25, 0.3) is 0 Å². The molecule has 0 fully saturated rings. The van der Waals surface area contributed by atoms with Gasteiger partial charge in [-0.3, -0.25) is 0 Å². The summed E-state index contributed by atoms with van der Waals surface area (Å²) in [6.07, 6.45) is 4.51. The first-order valence-electron chi connectivity index (χ1n) is 7.70. The zero-order chi connectivity index (χ0) is 16.1. The molecule has 0 aliphatic rings. The maximum Gasteiger partial charge on any atom is 0.119 e. The monoisotopic (exact) mass is 334 g/mol. The minimum absolute atomic E-state index is 0. The van der Waals surface area contributed by atoms with Crippen LogP contribution in [0.15, 0.2) is 53.6 Å². The van der Waals surface area contributed by atoms with Gasteiger partial charge in [0.1, 0.15) is 12.4 Å². The van der Waals surface area contributed by atoms with Gasteiger partial charge < -0.3 is 4.74 Å². The van der Waals surface area contributed by atoms with Crippen molar-refractivity contribution >= 4 is 0 Å². The standard InChI is InChI=1S/C20H30O.Ti/c1-8-16(19(2,3)4)14-17(20(5,6)7)15-21-18-12-10-9-11-13-18;/h8-14H,15H2,1-7H3;. The van der Waals surface area contributed by atoms with Gasteiger partial charge in [0.15, 0.2) is 0 Å². The van der Waals surface area contributed by atoms with E-state index in [0.717, 1.165) is 5.75 Å². The fourth-order valence-electron chi connectivity index (χ4n) is 2.07. The van der Waals surface area contributed by atoms with Gasteiger partial charge in [0.05, 0.1) is 0 Å². The average molecular weight is 334 g/mol. The third-order valence-corrected chi connectivity index (χ3v) is 3.61. The summed E-state index contributed by atoms with van der Waals surface area (Å²) in [5, 5.41) is 0. The molecule has 0 radical (unpaired) electrons. The van der Waals surface area contributed by atoms with Crippen LogP contribution in [0.1, 0.15) is 48.5 Å². The number of benzene rings is 1. The van der Waals surface area contributed by atoms with E-state index in [9.17, 15) is 0 Å². The number of hydrogen-bond donors (Lipinski definition) is 0. The number of rotatable bonds is 4. The summed E-state index contributed by atoms with van der Waals surface area (Å²) < 4.78 is 5.96. The van der Waals surface area contributed by atoms with E-state index in [0.29, 0.717) is 6.61 Å². The van der Waals surface area contributed by atoms with Crippen LogP contribution in [0.2, 0.25) is 0 Å². The van der Waals surface area contributed by atoms with E-state index in [2.05, 4.69) is 60.6 Å². The molecule has 2 heteroatoms. The van der Waals surface area contributed by atoms with Crippen molar-refractivity contribution in [2.24, 2.45) is 10.8 Å². The Bertz CT molecular complexity index is 499. The SMILES string of the molecule is CC=C(C=C(COc1ccccc1)C(C)(C)C)C(C)(C)C.[Ti]. The van der Waals surface area contributed by atoms with Crippen LogP contribution in [0.4, 0.5) is 0 Å². The molecule has 0 unspecified atom stereocenters. The summed E-state index contributed by atoms with van der Waals surface area (Å²) in [4.78, 5) is 0. The molecule has 1 aromatic rings. The molecule has 0 aliphatic carbocycles. The smallest absolute Gasteiger partial charge is 0.119 e. The Labute approximate surface area is 151 Å².